The number of aryl methyl sites for hydroxylation is 2. The molecule has 15 heteroatoms. The first-order valence-corrected chi connectivity index (χ1v) is 20.7. The van der Waals surface area contributed by atoms with Crippen molar-refractivity contribution in [1.82, 2.24) is 30.1 Å². The second-order valence-corrected chi connectivity index (χ2v) is 16.2. The normalized spacial score (nSPS) is 15.6. The molecule has 1 aliphatic carbocycles. The van der Waals surface area contributed by atoms with Crippen LogP contribution in [0.4, 0.5) is 11.6 Å². The van der Waals surface area contributed by atoms with Gasteiger partial charge in [-0.15, -0.1) is 0 Å². The molecule has 0 spiro atoms. The number of piperazine rings is 1. The van der Waals surface area contributed by atoms with E-state index in [4.69, 9.17) is 16.2 Å². The number of fused-ring (bicyclic) bond motifs is 5. The van der Waals surface area contributed by atoms with Crippen LogP contribution in [0.3, 0.4) is 0 Å². The zero-order valence-corrected chi connectivity index (χ0v) is 34.8. The highest BCUT2D eigenvalue weighted by Crippen LogP contribution is 2.46. The van der Waals surface area contributed by atoms with Crippen LogP contribution in [0.15, 0.2) is 54.6 Å². The molecular formula is C45H54N10O5. The van der Waals surface area contributed by atoms with Crippen molar-refractivity contribution in [1.29, 1.82) is 5.26 Å². The van der Waals surface area contributed by atoms with E-state index in [1.54, 1.807) is 12.1 Å². The lowest BCUT2D eigenvalue weighted by Gasteiger charge is -2.39. The quantitative estimate of drug-likeness (QED) is 0.0961. The van der Waals surface area contributed by atoms with Crippen LogP contribution in [-0.4, -0.2) is 101 Å². The fraction of sp³-hybridized carbons (Fsp3) is 0.422. The molecule has 314 valence electrons. The number of aromatic nitrogens is 3. The fourth-order valence-electron chi connectivity index (χ4n) is 8.64. The number of carbonyl (C=O) groups is 4. The number of para-hydroxylation sites is 2. The number of carbonyl (C=O) groups excluding carboxylic acids is 4. The average molecular weight is 815 g/mol. The van der Waals surface area contributed by atoms with E-state index >= 15 is 0 Å². The number of ketones is 1. The predicted octanol–water partition coefficient (Wildman–Crippen LogP) is 3.89. The summed E-state index contributed by atoms with van der Waals surface area (Å²) in [7, 11) is 1.45. The molecule has 5 aromatic rings. The Morgan fingerprint density at radius 3 is 2.55 bits per heavy atom. The number of nitrogens with zero attached hydrogens (tertiary/aromatic N) is 5. The maximum Gasteiger partial charge on any atom is 0.244 e. The SMILES string of the molecule is CCc1cc2c(cc1N1CCN(C(=O)CCCNC(=O)[C@H](COC)NC(=O)[C@@H](N)CCCn3c(N)nc4ccccc43)CC1)C(C)(C)c1[nH]c3cc(C#N)ccc3c1C2=O. The maximum absolute atomic E-state index is 14.1. The third kappa shape index (κ3) is 8.17. The maximum atomic E-state index is 14.1. The number of nitrogens with two attached hydrogens (primary N) is 2. The van der Waals surface area contributed by atoms with Crippen molar-refractivity contribution in [3.8, 4) is 6.07 Å². The van der Waals surface area contributed by atoms with Crippen LogP contribution in [0.5, 0.6) is 0 Å². The average Bonchev–Trinajstić information content (AvgIpc) is 3.81. The van der Waals surface area contributed by atoms with Gasteiger partial charge in [0.25, 0.3) is 0 Å². The van der Waals surface area contributed by atoms with Gasteiger partial charge in [-0.3, -0.25) is 19.2 Å². The monoisotopic (exact) mass is 814 g/mol. The Hall–Kier alpha value is -6.24. The highest BCUT2D eigenvalue weighted by molar-refractivity contribution is 6.20. The summed E-state index contributed by atoms with van der Waals surface area (Å²) in [6.07, 6.45) is 2.40. The lowest BCUT2D eigenvalue weighted by molar-refractivity contribution is -0.132. The van der Waals surface area contributed by atoms with Gasteiger partial charge in [-0.2, -0.15) is 5.26 Å². The number of H-pyrrole nitrogens is 1. The van der Waals surface area contributed by atoms with Gasteiger partial charge in [0.05, 0.1) is 40.9 Å². The van der Waals surface area contributed by atoms with Crippen LogP contribution >= 0.6 is 0 Å². The second kappa shape index (κ2) is 17.5. The van der Waals surface area contributed by atoms with Crippen molar-refractivity contribution in [2.45, 2.75) is 76.9 Å². The molecule has 2 aliphatic rings. The standard InChI is InChI=1S/C45H54N10O5/c1-5-28-23-30-31(45(2,3)41-39(40(30)57)29-15-14-27(25-46)22-34(29)50-41)24-37(28)53-18-20-54(21-19-53)38(56)13-8-16-49-43(59)35(26-60-4)51-42(58)32(47)10-9-17-55-36-12-7-6-11-33(36)52-44(55)48/h6-7,11-12,14-15,22-24,32,35,50H,5,8-10,13,16-21,26,47H2,1-4H3,(H2,48,52)(H,49,59)(H,51,58)/t32-,35-/m0/s1. The van der Waals surface area contributed by atoms with Gasteiger partial charge in [0.2, 0.25) is 23.7 Å². The van der Waals surface area contributed by atoms with Crippen molar-refractivity contribution in [3.63, 3.8) is 0 Å². The Kier molecular flexibility index (Phi) is 12.3. The van der Waals surface area contributed by atoms with Gasteiger partial charge >= 0.3 is 0 Å². The van der Waals surface area contributed by atoms with Crippen molar-refractivity contribution in [2.24, 2.45) is 5.73 Å². The second-order valence-electron chi connectivity index (χ2n) is 16.2. The molecule has 2 aromatic heterocycles. The molecular weight excluding hydrogens is 761 g/mol. The topological polar surface area (TPSA) is 217 Å². The van der Waals surface area contributed by atoms with Crippen LogP contribution in [0.2, 0.25) is 0 Å². The summed E-state index contributed by atoms with van der Waals surface area (Å²) in [5.41, 5.74) is 20.2. The van der Waals surface area contributed by atoms with Crippen LogP contribution < -0.4 is 27.0 Å². The molecule has 0 unspecified atom stereocenters. The molecule has 3 aromatic carbocycles. The molecule has 15 nitrogen and oxygen atoms in total. The third-order valence-electron chi connectivity index (χ3n) is 12.0. The lowest BCUT2D eigenvalue weighted by Crippen LogP contribution is -2.53. The molecule has 60 heavy (non-hydrogen) atoms. The smallest absolute Gasteiger partial charge is 0.244 e. The minimum absolute atomic E-state index is 0.0137. The summed E-state index contributed by atoms with van der Waals surface area (Å²) in [6.45, 7) is 9.50. The number of nitriles is 1. The van der Waals surface area contributed by atoms with Crippen molar-refractivity contribution < 1.29 is 23.9 Å². The summed E-state index contributed by atoms with van der Waals surface area (Å²) in [5.74, 6) is -0.466. The molecule has 0 bridgehead atoms. The van der Waals surface area contributed by atoms with Crippen LogP contribution in [0, 0.1) is 11.3 Å². The Balaban J connectivity index is 0.884. The number of rotatable bonds is 15. The Morgan fingerprint density at radius 1 is 1.05 bits per heavy atom. The largest absolute Gasteiger partial charge is 0.382 e. The van der Waals surface area contributed by atoms with E-state index in [1.165, 1.54) is 7.11 Å². The Labute approximate surface area is 349 Å². The highest BCUT2D eigenvalue weighted by Gasteiger charge is 2.41. The number of ether oxygens (including phenoxy) is 1. The van der Waals surface area contributed by atoms with Gasteiger partial charge < -0.3 is 46.2 Å². The van der Waals surface area contributed by atoms with Crippen molar-refractivity contribution in [2.75, 3.05) is 57.1 Å². The fourth-order valence-corrected chi connectivity index (χ4v) is 8.64. The molecule has 0 saturated carbocycles. The van der Waals surface area contributed by atoms with Crippen LogP contribution in [0.25, 0.3) is 21.9 Å². The van der Waals surface area contributed by atoms with Crippen molar-refractivity contribution in [3.05, 3.63) is 88.1 Å². The first-order chi connectivity index (χ1) is 28.9. The zero-order valence-electron chi connectivity index (χ0n) is 34.8. The summed E-state index contributed by atoms with van der Waals surface area (Å²) >= 11 is 0. The van der Waals surface area contributed by atoms with E-state index in [0.717, 1.165) is 50.9 Å². The van der Waals surface area contributed by atoms with E-state index in [1.807, 2.05) is 45.9 Å². The van der Waals surface area contributed by atoms with Crippen molar-refractivity contribution >= 4 is 57.1 Å². The Bertz CT molecular complexity index is 2490. The van der Waals surface area contributed by atoms with Crippen LogP contribution in [0.1, 0.15) is 84.8 Å². The number of nitrogens with one attached hydrogen (secondary N) is 3. The summed E-state index contributed by atoms with van der Waals surface area (Å²) in [4.78, 5) is 65.4. The number of hydrogen-bond donors (Lipinski definition) is 5. The van der Waals surface area contributed by atoms with Gasteiger partial charge in [0.15, 0.2) is 5.78 Å². The molecule has 3 amide bonds. The molecule has 1 aliphatic heterocycles. The van der Waals surface area contributed by atoms with Gasteiger partial charge in [-0.05, 0) is 73.2 Å². The van der Waals surface area contributed by atoms with E-state index in [0.29, 0.717) is 74.6 Å². The number of aromatic amines is 1. The van der Waals surface area contributed by atoms with E-state index in [9.17, 15) is 24.4 Å². The molecule has 2 atom stereocenters. The van der Waals surface area contributed by atoms with Crippen LogP contribution in [-0.2, 0) is 37.5 Å². The number of amides is 3. The van der Waals surface area contributed by atoms with Gasteiger partial charge in [-0.1, -0.05) is 39.0 Å². The van der Waals surface area contributed by atoms with E-state index in [2.05, 4.69) is 58.4 Å². The summed E-state index contributed by atoms with van der Waals surface area (Å²) < 4.78 is 7.11. The molecule has 7 N–H and O–H groups in total. The van der Waals surface area contributed by atoms with Gasteiger partial charge in [0, 0.05) is 86.1 Å². The number of hydrogen-bond acceptors (Lipinski definition) is 10. The minimum atomic E-state index is -0.937. The lowest BCUT2D eigenvalue weighted by atomic mass is 9.70. The molecule has 7 rings (SSSR count). The zero-order chi connectivity index (χ0) is 42.7. The molecule has 1 fully saturated rings. The predicted molar refractivity (Wildman–Crippen MR) is 231 cm³/mol. The Morgan fingerprint density at radius 2 is 1.82 bits per heavy atom. The van der Waals surface area contributed by atoms with Gasteiger partial charge in [-0.25, -0.2) is 4.98 Å². The number of methoxy groups -OCH3 is 1. The number of nitrogen functional groups attached to an aromatic ring is 1. The number of imidazole rings is 1. The van der Waals surface area contributed by atoms with E-state index in [-0.39, 0.29) is 31.3 Å². The molecule has 1 saturated heterocycles. The molecule has 0 radical (unpaired) electrons. The van der Waals surface area contributed by atoms with E-state index < -0.39 is 29.3 Å². The molecule has 3 heterocycles. The summed E-state index contributed by atoms with van der Waals surface area (Å²) in [6, 6.07) is 17.7. The third-order valence-corrected chi connectivity index (χ3v) is 12.0. The number of benzene rings is 3. The highest BCUT2D eigenvalue weighted by atomic mass is 16.5. The summed E-state index contributed by atoms with van der Waals surface area (Å²) in [5, 5.41) is 15.8. The number of anilines is 2. The van der Waals surface area contributed by atoms with Gasteiger partial charge in [0.1, 0.15) is 6.04 Å². The first kappa shape index (κ1) is 41.9. The minimum Gasteiger partial charge on any atom is -0.382 e. The first-order valence-electron chi connectivity index (χ1n) is 20.7.